The Morgan fingerprint density at radius 3 is 2.81 bits per heavy atom. The molecule has 0 aliphatic heterocycles. The van der Waals surface area contributed by atoms with Gasteiger partial charge in [0.05, 0.1) is 10.6 Å². The van der Waals surface area contributed by atoms with Crippen LogP contribution < -0.4 is 11.1 Å². The molecule has 0 radical (unpaired) electrons. The molecule has 3 N–H and O–H groups in total. The highest BCUT2D eigenvalue weighted by molar-refractivity contribution is 7.19. The number of nitrogens with zero attached hydrogens (tertiary/aromatic N) is 1. The van der Waals surface area contributed by atoms with Gasteiger partial charge in [0.2, 0.25) is 0 Å². The smallest absolute Gasteiger partial charge is 0.174 e. The first-order valence-corrected chi connectivity index (χ1v) is 7.97. The first-order valence-electron chi connectivity index (χ1n) is 7.15. The number of carbonyl (C=O) groups is 1. The molecule has 0 atom stereocenters. The van der Waals surface area contributed by atoms with Crippen molar-refractivity contribution in [3.05, 3.63) is 10.4 Å². The minimum absolute atomic E-state index is 0.0115. The molecule has 6 heteroatoms. The summed E-state index contributed by atoms with van der Waals surface area (Å²) in [5.74, 6) is -0.0115. The van der Waals surface area contributed by atoms with Crippen molar-refractivity contribution in [3.8, 4) is 6.07 Å². The van der Waals surface area contributed by atoms with E-state index in [1.165, 1.54) is 24.2 Å². The number of hydrogen-bond donors (Lipinski definition) is 2. The van der Waals surface area contributed by atoms with Crippen molar-refractivity contribution in [2.75, 3.05) is 31.3 Å². The van der Waals surface area contributed by atoms with E-state index in [0.29, 0.717) is 22.5 Å². The molecule has 0 aromatic carbocycles. The van der Waals surface area contributed by atoms with Gasteiger partial charge in [0.15, 0.2) is 5.78 Å². The predicted octanol–water partition coefficient (Wildman–Crippen LogP) is 3.02. The maximum absolute atomic E-state index is 11.8. The van der Waals surface area contributed by atoms with Crippen LogP contribution in [0.3, 0.4) is 0 Å². The van der Waals surface area contributed by atoms with Gasteiger partial charge in [-0.15, -0.1) is 11.3 Å². The molecule has 0 saturated heterocycles. The Bertz CT molecular complexity index is 570. The fourth-order valence-corrected chi connectivity index (χ4v) is 3.40. The molecule has 1 aliphatic rings. The SMILES string of the molecule is CCC(=O)c1sc(NCC2(CCOC)CC2)c(C#N)c1N. The molecule has 1 aromatic heterocycles. The second kappa shape index (κ2) is 6.46. The summed E-state index contributed by atoms with van der Waals surface area (Å²) in [5.41, 5.74) is 6.93. The van der Waals surface area contributed by atoms with Crippen molar-refractivity contribution in [3.63, 3.8) is 0 Å². The number of hydrogen-bond acceptors (Lipinski definition) is 6. The molecule has 0 unspecified atom stereocenters. The number of Topliss-reactive ketones (excluding diaryl/α,β-unsaturated/α-hetero) is 1. The molecular weight excluding hydrogens is 286 g/mol. The van der Waals surface area contributed by atoms with E-state index in [9.17, 15) is 10.1 Å². The number of nitrogen functional groups attached to an aromatic ring is 1. The maximum Gasteiger partial charge on any atom is 0.174 e. The third-order valence-electron chi connectivity index (χ3n) is 4.05. The largest absolute Gasteiger partial charge is 0.396 e. The average Bonchev–Trinajstić information content (AvgIpc) is 3.20. The summed E-state index contributed by atoms with van der Waals surface area (Å²) in [6.45, 7) is 3.34. The van der Waals surface area contributed by atoms with Gasteiger partial charge in [-0.05, 0) is 24.7 Å². The Balaban J connectivity index is 2.10. The molecule has 21 heavy (non-hydrogen) atoms. The number of carbonyl (C=O) groups excluding carboxylic acids is 1. The van der Waals surface area contributed by atoms with Gasteiger partial charge in [0.25, 0.3) is 0 Å². The van der Waals surface area contributed by atoms with E-state index in [4.69, 9.17) is 10.5 Å². The van der Waals surface area contributed by atoms with Crippen LogP contribution in [0.25, 0.3) is 0 Å². The summed E-state index contributed by atoms with van der Waals surface area (Å²) < 4.78 is 5.14. The van der Waals surface area contributed by atoms with E-state index in [-0.39, 0.29) is 11.2 Å². The third kappa shape index (κ3) is 3.36. The van der Waals surface area contributed by atoms with Crippen molar-refractivity contribution in [2.45, 2.75) is 32.6 Å². The lowest BCUT2D eigenvalue weighted by Gasteiger charge is -2.15. The summed E-state index contributed by atoms with van der Waals surface area (Å²) in [6, 6.07) is 2.11. The predicted molar refractivity (Wildman–Crippen MR) is 84.7 cm³/mol. The van der Waals surface area contributed by atoms with E-state index < -0.39 is 0 Å². The molecule has 1 saturated carbocycles. The molecule has 0 bridgehead atoms. The number of nitrogens with one attached hydrogen (secondary N) is 1. The molecule has 1 heterocycles. The fourth-order valence-electron chi connectivity index (χ4n) is 2.33. The van der Waals surface area contributed by atoms with Crippen LogP contribution in [0.5, 0.6) is 0 Å². The number of nitriles is 1. The number of rotatable bonds is 8. The zero-order valence-corrected chi connectivity index (χ0v) is 13.3. The molecule has 1 fully saturated rings. The quantitative estimate of drug-likeness (QED) is 0.721. The highest BCUT2D eigenvalue weighted by atomic mass is 32.1. The first-order chi connectivity index (χ1) is 10.1. The second-order valence-corrected chi connectivity index (χ2v) is 6.55. The monoisotopic (exact) mass is 307 g/mol. The summed E-state index contributed by atoms with van der Waals surface area (Å²) >= 11 is 1.30. The average molecular weight is 307 g/mol. The van der Waals surface area contributed by atoms with Crippen LogP contribution in [0.2, 0.25) is 0 Å². The molecule has 1 aromatic rings. The lowest BCUT2D eigenvalue weighted by atomic mass is 10.0. The molecule has 5 nitrogen and oxygen atoms in total. The molecule has 1 aliphatic carbocycles. The van der Waals surface area contributed by atoms with Crippen LogP contribution >= 0.6 is 11.3 Å². The summed E-state index contributed by atoms with van der Waals surface area (Å²) in [5, 5.41) is 13.3. The van der Waals surface area contributed by atoms with Gasteiger partial charge in [-0.25, -0.2) is 0 Å². The molecular formula is C15H21N3O2S. The Kier molecular flexibility index (Phi) is 4.86. The first kappa shape index (κ1) is 15.8. The molecule has 0 amide bonds. The van der Waals surface area contributed by atoms with Crippen LogP contribution in [0.15, 0.2) is 0 Å². The van der Waals surface area contributed by atoms with Crippen molar-refractivity contribution >= 4 is 27.8 Å². The van der Waals surface area contributed by atoms with Crippen LogP contribution in [0, 0.1) is 16.7 Å². The minimum atomic E-state index is -0.0115. The standard InChI is InChI=1S/C15H21N3O2S/c1-3-11(19)13-12(17)10(8-16)14(21-13)18-9-15(4-5-15)6-7-20-2/h18H,3-7,9,17H2,1-2H3. The zero-order chi connectivity index (χ0) is 15.5. The van der Waals surface area contributed by atoms with E-state index in [0.717, 1.165) is 24.6 Å². The number of ether oxygens (including phenoxy) is 1. The van der Waals surface area contributed by atoms with Gasteiger partial charge in [-0.1, -0.05) is 6.92 Å². The van der Waals surface area contributed by atoms with Gasteiger partial charge in [-0.3, -0.25) is 4.79 Å². The number of ketones is 1. The normalized spacial score (nSPS) is 15.5. The van der Waals surface area contributed by atoms with Crippen molar-refractivity contribution in [1.82, 2.24) is 0 Å². The van der Waals surface area contributed by atoms with E-state index >= 15 is 0 Å². The second-order valence-electron chi connectivity index (χ2n) is 5.53. The van der Waals surface area contributed by atoms with Gasteiger partial charge in [-0.2, -0.15) is 5.26 Å². The third-order valence-corrected chi connectivity index (χ3v) is 5.25. The van der Waals surface area contributed by atoms with Gasteiger partial charge >= 0.3 is 0 Å². The van der Waals surface area contributed by atoms with Crippen LogP contribution in [0.4, 0.5) is 10.7 Å². The highest BCUT2D eigenvalue weighted by Crippen LogP contribution is 2.49. The van der Waals surface area contributed by atoms with Gasteiger partial charge in [0.1, 0.15) is 16.6 Å². The molecule has 2 rings (SSSR count). The van der Waals surface area contributed by atoms with Crippen molar-refractivity contribution < 1.29 is 9.53 Å². The Labute approximate surface area is 129 Å². The number of anilines is 2. The van der Waals surface area contributed by atoms with E-state index in [1.807, 2.05) is 0 Å². The van der Waals surface area contributed by atoms with Crippen LogP contribution in [0.1, 0.15) is 47.8 Å². The number of methoxy groups -OCH3 is 1. The topological polar surface area (TPSA) is 88.1 Å². The van der Waals surface area contributed by atoms with Crippen molar-refractivity contribution in [1.29, 1.82) is 5.26 Å². The summed E-state index contributed by atoms with van der Waals surface area (Å²) in [7, 11) is 1.71. The van der Waals surface area contributed by atoms with Crippen LogP contribution in [-0.4, -0.2) is 26.0 Å². The van der Waals surface area contributed by atoms with Gasteiger partial charge < -0.3 is 15.8 Å². The van der Waals surface area contributed by atoms with E-state index in [2.05, 4.69) is 11.4 Å². The minimum Gasteiger partial charge on any atom is -0.396 e. The molecule has 0 spiro atoms. The van der Waals surface area contributed by atoms with Crippen molar-refractivity contribution in [2.24, 2.45) is 5.41 Å². The Morgan fingerprint density at radius 2 is 2.29 bits per heavy atom. The lowest BCUT2D eigenvalue weighted by molar-refractivity contribution is 0.0993. The maximum atomic E-state index is 11.8. The number of nitrogens with two attached hydrogens (primary N) is 1. The van der Waals surface area contributed by atoms with E-state index in [1.54, 1.807) is 14.0 Å². The Morgan fingerprint density at radius 1 is 1.57 bits per heavy atom. The Hall–Kier alpha value is -1.58. The molecule has 114 valence electrons. The number of thiophene rings is 1. The highest BCUT2D eigenvalue weighted by Gasteiger charge is 2.42. The summed E-state index contributed by atoms with van der Waals surface area (Å²) in [4.78, 5) is 12.3. The summed E-state index contributed by atoms with van der Waals surface area (Å²) in [6.07, 6.45) is 3.76. The lowest BCUT2D eigenvalue weighted by Crippen LogP contribution is -2.17. The fraction of sp³-hybridized carbons (Fsp3) is 0.600. The van der Waals surface area contributed by atoms with Gasteiger partial charge in [0, 0.05) is 26.7 Å². The van der Waals surface area contributed by atoms with Crippen LogP contribution in [-0.2, 0) is 4.74 Å². The zero-order valence-electron chi connectivity index (χ0n) is 12.5.